The molecule has 0 aromatic carbocycles. The summed E-state index contributed by atoms with van der Waals surface area (Å²) in [6.45, 7) is 1.96. The quantitative estimate of drug-likeness (QED) is 0.307. The van der Waals surface area contributed by atoms with E-state index in [1.165, 1.54) is 0 Å². The van der Waals surface area contributed by atoms with Gasteiger partial charge in [-0.2, -0.15) is 0 Å². The molecule has 1 saturated heterocycles. The predicted molar refractivity (Wildman–Crippen MR) is 77.8 cm³/mol. The molecule has 0 aromatic rings. The van der Waals surface area contributed by atoms with E-state index in [4.69, 9.17) is 5.84 Å². The second-order valence-electron chi connectivity index (χ2n) is 5.32. The van der Waals surface area contributed by atoms with Gasteiger partial charge >= 0.3 is 0 Å². The summed E-state index contributed by atoms with van der Waals surface area (Å²) in [5.74, 6) is 4.83. The van der Waals surface area contributed by atoms with Gasteiger partial charge in [0.05, 0.1) is 6.54 Å². The first-order valence-corrected chi connectivity index (χ1v) is 7.15. The summed E-state index contributed by atoms with van der Waals surface area (Å²) in [6, 6.07) is 0. The fourth-order valence-electron chi connectivity index (χ4n) is 2.34. The largest absolute Gasteiger partial charge is 0.359 e. The minimum atomic E-state index is -0.162. The number of hydrogen-bond acceptors (Lipinski definition) is 5. The number of likely N-dealkylation sites (N-methyl/N-ethyl adjacent to an activating group) is 1. The molecule has 1 heterocycles. The van der Waals surface area contributed by atoms with Gasteiger partial charge in [0, 0.05) is 39.0 Å². The zero-order chi connectivity index (χ0) is 15.8. The van der Waals surface area contributed by atoms with Crippen LogP contribution >= 0.6 is 0 Å². The number of piperidine rings is 1. The zero-order valence-corrected chi connectivity index (χ0v) is 12.7. The molecule has 4 N–H and O–H groups in total. The summed E-state index contributed by atoms with van der Waals surface area (Å²) in [5.41, 5.74) is 2.16. The van der Waals surface area contributed by atoms with Crippen molar-refractivity contribution in [3.8, 4) is 0 Å². The molecule has 0 bridgehead atoms. The van der Waals surface area contributed by atoms with Crippen LogP contribution in [0.2, 0.25) is 0 Å². The monoisotopic (exact) mass is 299 g/mol. The van der Waals surface area contributed by atoms with Gasteiger partial charge in [-0.3, -0.25) is 24.7 Å². The molecule has 1 fully saturated rings. The topological polar surface area (TPSA) is 108 Å². The van der Waals surface area contributed by atoms with Gasteiger partial charge in [0.1, 0.15) is 0 Å². The molecular weight excluding hydrogens is 274 g/mol. The van der Waals surface area contributed by atoms with Crippen molar-refractivity contribution in [3.63, 3.8) is 0 Å². The Labute approximate surface area is 125 Å². The minimum absolute atomic E-state index is 0.0287. The van der Waals surface area contributed by atoms with Crippen LogP contribution in [0.4, 0.5) is 0 Å². The number of nitrogens with two attached hydrogens (primary N) is 1. The minimum Gasteiger partial charge on any atom is -0.359 e. The van der Waals surface area contributed by atoms with E-state index < -0.39 is 0 Å². The van der Waals surface area contributed by atoms with Crippen LogP contribution in [0, 0.1) is 5.92 Å². The number of amides is 3. The van der Waals surface area contributed by atoms with Gasteiger partial charge in [0.25, 0.3) is 0 Å². The molecular formula is C13H25N5O3. The first-order chi connectivity index (χ1) is 9.97. The Balaban J connectivity index is 2.30. The standard InChI is InChI=1S/C13H25N5O3/c1-15-11(19)5-6-17(2)9-12(20)18-7-3-10(4-8-18)13(21)16-14/h10H,3-9,14H2,1-2H3,(H,15,19)(H,16,21). The number of hydrogen-bond donors (Lipinski definition) is 3. The van der Waals surface area contributed by atoms with E-state index in [9.17, 15) is 14.4 Å². The molecule has 3 amide bonds. The van der Waals surface area contributed by atoms with Crippen LogP contribution < -0.4 is 16.6 Å². The number of rotatable bonds is 6. The van der Waals surface area contributed by atoms with E-state index in [0.29, 0.717) is 38.9 Å². The number of carbonyl (C=O) groups excluding carboxylic acids is 3. The Bertz CT molecular complexity index is 380. The molecule has 0 aliphatic carbocycles. The average Bonchev–Trinajstić information content (AvgIpc) is 2.51. The molecule has 1 rings (SSSR count). The average molecular weight is 299 g/mol. The van der Waals surface area contributed by atoms with Gasteiger partial charge in [-0.05, 0) is 19.9 Å². The lowest BCUT2D eigenvalue weighted by molar-refractivity contribution is -0.136. The van der Waals surface area contributed by atoms with Crippen molar-refractivity contribution in [2.75, 3.05) is 40.3 Å². The highest BCUT2D eigenvalue weighted by atomic mass is 16.2. The maximum atomic E-state index is 12.1. The van der Waals surface area contributed by atoms with E-state index in [1.807, 2.05) is 11.9 Å². The fourth-order valence-corrected chi connectivity index (χ4v) is 2.34. The third kappa shape index (κ3) is 5.68. The molecule has 120 valence electrons. The Morgan fingerprint density at radius 3 is 2.43 bits per heavy atom. The second-order valence-corrected chi connectivity index (χ2v) is 5.32. The van der Waals surface area contributed by atoms with E-state index >= 15 is 0 Å². The second kappa shape index (κ2) is 8.58. The summed E-state index contributed by atoms with van der Waals surface area (Å²) in [7, 11) is 3.41. The molecule has 21 heavy (non-hydrogen) atoms. The number of nitrogens with one attached hydrogen (secondary N) is 2. The lowest BCUT2D eigenvalue weighted by Gasteiger charge is -2.32. The maximum absolute atomic E-state index is 12.1. The molecule has 0 saturated carbocycles. The summed E-state index contributed by atoms with van der Waals surface area (Å²) in [5, 5.41) is 2.55. The lowest BCUT2D eigenvalue weighted by atomic mass is 9.96. The summed E-state index contributed by atoms with van der Waals surface area (Å²) in [6.07, 6.45) is 1.65. The van der Waals surface area contributed by atoms with Gasteiger partial charge in [-0.25, -0.2) is 5.84 Å². The molecule has 1 aliphatic heterocycles. The van der Waals surface area contributed by atoms with Gasteiger partial charge in [0.15, 0.2) is 0 Å². The van der Waals surface area contributed by atoms with Gasteiger partial charge < -0.3 is 10.2 Å². The van der Waals surface area contributed by atoms with Crippen molar-refractivity contribution in [2.24, 2.45) is 11.8 Å². The first kappa shape index (κ1) is 17.4. The Hall–Kier alpha value is -1.67. The van der Waals surface area contributed by atoms with Crippen molar-refractivity contribution in [1.82, 2.24) is 20.5 Å². The van der Waals surface area contributed by atoms with Crippen molar-refractivity contribution in [2.45, 2.75) is 19.3 Å². The normalized spacial score (nSPS) is 15.9. The Morgan fingerprint density at radius 2 is 1.90 bits per heavy atom. The zero-order valence-electron chi connectivity index (χ0n) is 12.7. The highest BCUT2D eigenvalue weighted by molar-refractivity contribution is 5.80. The van der Waals surface area contributed by atoms with Gasteiger partial charge in [-0.15, -0.1) is 0 Å². The van der Waals surface area contributed by atoms with E-state index in [2.05, 4.69) is 10.7 Å². The van der Waals surface area contributed by atoms with Crippen LogP contribution in [0.15, 0.2) is 0 Å². The fraction of sp³-hybridized carbons (Fsp3) is 0.769. The van der Waals surface area contributed by atoms with Crippen LogP contribution in [0.3, 0.4) is 0 Å². The van der Waals surface area contributed by atoms with Crippen LogP contribution in [-0.4, -0.2) is 67.8 Å². The van der Waals surface area contributed by atoms with Crippen LogP contribution in [-0.2, 0) is 14.4 Å². The SMILES string of the molecule is CNC(=O)CCN(C)CC(=O)N1CCC(C(=O)NN)CC1. The molecule has 8 nitrogen and oxygen atoms in total. The Kier molecular flexibility index (Phi) is 7.10. The van der Waals surface area contributed by atoms with Crippen LogP contribution in [0.25, 0.3) is 0 Å². The van der Waals surface area contributed by atoms with E-state index in [1.54, 1.807) is 11.9 Å². The number of carbonyl (C=O) groups is 3. The molecule has 1 aliphatic rings. The number of likely N-dealkylation sites (tertiary alicyclic amines) is 1. The molecule has 0 unspecified atom stereocenters. The molecule has 0 atom stereocenters. The maximum Gasteiger partial charge on any atom is 0.237 e. The highest BCUT2D eigenvalue weighted by Gasteiger charge is 2.27. The predicted octanol–water partition coefficient (Wildman–Crippen LogP) is -1.72. The summed E-state index contributed by atoms with van der Waals surface area (Å²) >= 11 is 0. The van der Waals surface area contributed by atoms with Gasteiger partial charge in [-0.1, -0.05) is 0 Å². The summed E-state index contributed by atoms with van der Waals surface area (Å²) < 4.78 is 0. The first-order valence-electron chi connectivity index (χ1n) is 7.15. The number of nitrogens with zero attached hydrogens (tertiary/aromatic N) is 2. The molecule has 8 heteroatoms. The van der Waals surface area contributed by atoms with Gasteiger partial charge in [0.2, 0.25) is 17.7 Å². The van der Waals surface area contributed by atoms with Crippen molar-refractivity contribution >= 4 is 17.7 Å². The van der Waals surface area contributed by atoms with Crippen LogP contribution in [0.1, 0.15) is 19.3 Å². The highest BCUT2D eigenvalue weighted by Crippen LogP contribution is 2.17. The van der Waals surface area contributed by atoms with Crippen LogP contribution in [0.5, 0.6) is 0 Å². The lowest BCUT2D eigenvalue weighted by Crippen LogP contribution is -2.47. The molecule has 0 aromatic heterocycles. The summed E-state index contributed by atoms with van der Waals surface area (Å²) in [4.78, 5) is 38.3. The third-order valence-electron chi connectivity index (χ3n) is 3.77. The number of hydrazine groups is 1. The molecule has 0 spiro atoms. The van der Waals surface area contributed by atoms with E-state index in [-0.39, 0.29) is 30.2 Å². The van der Waals surface area contributed by atoms with E-state index in [0.717, 1.165) is 0 Å². The molecule has 0 radical (unpaired) electrons. The smallest absolute Gasteiger partial charge is 0.237 e. The Morgan fingerprint density at radius 1 is 1.29 bits per heavy atom. The third-order valence-corrected chi connectivity index (χ3v) is 3.77. The van der Waals surface area contributed by atoms with Crippen molar-refractivity contribution < 1.29 is 14.4 Å². The van der Waals surface area contributed by atoms with Crippen molar-refractivity contribution in [1.29, 1.82) is 0 Å². The van der Waals surface area contributed by atoms with Crippen molar-refractivity contribution in [3.05, 3.63) is 0 Å².